The molecule has 35 heavy (non-hydrogen) atoms. The average Bonchev–Trinajstić information content (AvgIpc) is 2.77. The summed E-state index contributed by atoms with van der Waals surface area (Å²) in [6.45, 7) is 20.8. The summed E-state index contributed by atoms with van der Waals surface area (Å²) in [6.07, 6.45) is -0.727. The Balaban J connectivity index is 5.07. The van der Waals surface area contributed by atoms with Gasteiger partial charge in [-0.15, -0.1) is 0 Å². The van der Waals surface area contributed by atoms with Crippen LogP contribution >= 0.6 is 0 Å². The number of allylic oxidation sites excluding steroid dienone is 3. The van der Waals surface area contributed by atoms with Crippen molar-refractivity contribution in [3.8, 4) is 0 Å². The fourth-order valence-corrected chi connectivity index (χ4v) is 2.14. The molecule has 200 valence electrons. The molecule has 0 spiro atoms. The van der Waals surface area contributed by atoms with Crippen molar-refractivity contribution in [2.45, 2.75) is 27.7 Å². The highest BCUT2D eigenvalue weighted by Crippen LogP contribution is 2.21. The summed E-state index contributed by atoms with van der Waals surface area (Å²) < 4.78 is 42.8. The summed E-state index contributed by atoms with van der Waals surface area (Å²) >= 11 is 0. The summed E-state index contributed by atoms with van der Waals surface area (Å²) in [4.78, 5) is 23.6. The van der Waals surface area contributed by atoms with Gasteiger partial charge in [-0.05, 0) is 27.7 Å². The van der Waals surface area contributed by atoms with E-state index in [1.165, 1.54) is 6.92 Å². The number of rotatable bonds is 21. The normalized spacial score (nSPS) is 10.6. The summed E-state index contributed by atoms with van der Waals surface area (Å²) in [5.41, 5.74) is -0.682. The summed E-state index contributed by atoms with van der Waals surface area (Å²) in [6, 6.07) is 0. The molecular weight excluding hydrogens is 462 g/mol. The Labute approximate surface area is 207 Å². The molecule has 0 heterocycles. The molecule has 0 aliphatic heterocycles. The second kappa shape index (κ2) is 18.3. The number of amides is 1. The maximum atomic E-state index is 12.2. The van der Waals surface area contributed by atoms with Crippen molar-refractivity contribution >= 4 is 12.1 Å². The van der Waals surface area contributed by atoms with Crippen LogP contribution in [0.1, 0.15) is 27.7 Å². The van der Waals surface area contributed by atoms with Crippen LogP contribution < -0.4 is 5.32 Å². The minimum atomic E-state index is -0.945. The van der Waals surface area contributed by atoms with Gasteiger partial charge in [-0.2, -0.15) is 0 Å². The first kappa shape index (κ1) is 32.0. The van der Waals surface area contributed by atoms with Crippen LogP contribution in [0.25, 0.3) is 0 Å². The zero-order valence-electron chi connectivity index (χ0n) is 21.3. The van der Waals surface area contributed by atoms with Gasteiger partial charge >= 0.3 is 12.1 Å². The quantitative estimate of drug-likeness (QED) is 0.0824. The highest BCUT2D eigenvalue weighted by atomic mass is 16.7. The van der Waals surface area contributed by atoms with Crippen LogP contribution in [0, 0.1) is 5.41 Å². The lowest BCUT2D eigenvalue weighted by Crippen LogP contribution is -2.44. The molecule has 0 aromatic carbocycles. The van der Waals surface area contributed by atoms with E-state index in [1.54, 1.807) is 20.8 Å². The fourth-order valence-electron chi connectivity index (χ4n) is 2.14. The smallest absolute Gasteiger partial charge is 0.407 e. The molecule has 0 saturated carbocycles. The van der Waals surface area contributed by atoms with E-state index in [0.717, 1.165) is 0 Å². The Bertz CT molecular complexity index is 664. The molecule has 0 bridgehead atoms. The molecule has 11 nitrogen and oxygen atoms in total. The Morgan fingerprint density at radius 2 is 1.09 bits per heavy atom. The third kappa shape index (κ3) is 18.0. The van der Waals surface area contributed by atoms with E-state index >= 15 is 0 Å². The van der Waals surface area contributed by atoms with E-state index in [1.807, 2.05) is 0 Å². The van der Waals surface area contributed by atoms with Crippen molar-refractivity contribution in [1.82, 2.24) is 5.32 Å². The summed E-state index contributed by atoms with van der Waals surface area (Å²) in [5, 5.41) is 2.50. The van der Waals surface area contributed by atoms with Gasteiger partial charge in [0.15, 0.2) is 20.4 Å². The van der Waals surface area contributed by atoms with Gasteiger partial charge in [0.05, 0.1) is 49.1 Å². The Kier molecular flexibility index (Phi) is 16.7. The second-order valence-corrected chi connectivity index (χ2v) is 7.86. The molecule has 0 aromatic rings. The van der Waals surface area contributed by atoms with Gasteiger partial charge in [-0.1, -0.05) is 26.3 Å². The Morgan fingerprint density at radius 1 is 0.657 bits per heavy atom. The van der Waals surface area contributed by atoms with Crippen LogP contribution in [0.5, 0.6) is 0 Å². The first-order valence-electron chi connectivity index (χ1n) is 10.8. The molecule has 0 aliphatic rings. The van der Waals surface area contributed by atoms with Crippen molar-refractivity contribution in [2.24, 2.45) is 5.41 Å². The van der Waals surface area contributed by atoms with Gasteiger partial charge in [0.2, 0.25) is 0 Å². The van der Waals surface area contributed by atoms with Crippen molar-refractivity contribution < 1.29 is 47.5 Å². The van der Waals surface area contributed by atoms with Gasteiger partial charge in [-0.25, -0.2) is 9.59 Å². The minimum Gasteiger partial charge on any atom is -0.473 e. The van der Waals surface area contributed by atoms with Gasteiger partial charge in [0.1, 0.15) is 13.2 Å². The highest BCUT2D eigenvalue weighted by molar-refractivity contribution is 5.86. The van der Waals surface area contributed by atoms with E-state index in [2.05, 4.69) is 31.6 Å². The lowest BCUT2D eigenvalue weighted by molar-refractivity contribution is -0.153. The monoisotopic (exact) mass is 501 g/mol. The van der Waals surface area contributed by atoms with Crippen LogP contribution in [0.4, 0.5) is 4.79 Å². The number of hydrogen-bond acceptors (Lipinski definition) is 10. The molecule has 0 aliphatic carbocycles. The highest BCUT2D eigenvalue weighted by Gasteiger charge is 2.34. The molecular formula is C24H39NO10. The molecule has 11 heteroatoms. The number of hydrogen-bond donors (Lipinski definition) is 1. The molecule has 0 aromatic heterocycles. The number of carbonyl (C=O) groups is 2. The predicted molar refractivity (Wildman–Crippen MR) is 128 cm³/mol. The van der Waals surface area contributed by atoms with E-state index < -0.39 is 17.5 Å². The first-order valence-corrected chi connectivity index (χ1v) is 10.8. The minimum absolute atomic E-state index is 0.0317. The van der Waals surface area contributed by atoms with Gasteiger partial charge in [0.25, 0.3) is 0 Å². The predicted octanol–water partition coefficient (Wildman–Crippen LogP) is 3.39. The largest absolute Gasteiger partial charge is 0.473 e. The zero-order chi connectivity index (χ0) is 26.7. The number of nitrogens with one attached hydrogen (secondary N) is 1. The third-order valence-corrected chi connectivity index (χ3v) is 3.85. The molecule has 0 saturated heterocycles. The third-order valence-electron chi connectivity index (χ3n) is 3.85. The van der Waals surface area contributed by atoms with Crippen LogP contribution in [0.3, 0.4) is 0 Å². The van der Waals surface area contributed by atoms with Crippen LogP contribution in [-0.2, 0) is 42.7 Å². The number of ether oxygens (including phenoxy) is 8. The lowest BCUT2D eigenvalue weighted by atomic mass is 9.92. The average molecular weight is 502 g/mol. The molecule has 1 N–H and O–H groups in total. The van der Waals surface area contributed by atoms with Crippen molar-refractivity contribution in [3.63, 3.8) is 0 Å². The molecule has 0 atom stereocenters. The van der Waals surface area contributed by atoms with Crippen molar-refractivity contribution in [2.75, 3.05) is 60.0 Å². The van der Waals surface area contributed by atoms with E-state index in [4.69, 9.17) is 37.9 Å². The number of carbonyl (C=O) groups excluding carboxylic acids is 2. The Morgan fingerprint density at radius 3 is 1.46 bits per heavy atom. The van der Waals surface area contributed by atoms with Gasteiger partial charge < -0.3 is 43.2 Å². The van der Waals surface area contributed by atoms with Crippen LogP contribution in [0.15, 0.2) is 49.2 Å². The molecule has 0 rings (SSSR count). The summed E-state index contributed by atoms with van der Waals surface area (Å²) in [5.74, 6) is 0.902. The van der Waals surface area contributed by atoms with E-state index in [0.29, 0.717) is 17.3 Å². The van der Waals surface area contributed by atoms with E-state index in [9.17, 15) is 9.59 Å². The number of esters is 1. The van der Waals surface area contributed by atoms with E-state index in [-0.39, 0.29) is 65.5 Å². The van der Waals surface area contributed by atoms with Crippen molar-refractivity contribution in [3.05, 3.63) is 49.2 Å². The van der Waals surface area contributed by atoms with Crippen molar-refractivity contribution in [1.29, 1.82) is 0 Å². The standard InChI is InChI=1S/C24H39NO10/c1-18(2)22(26)31-10-9-25-23(27)32-14-24(11-28-15-33-19(3)4,12-29-16-34-20(5)6)13-30-17-35-21(7)8/h1,3,5,7,9-17H2,2,4,6,8H3,(H,25,27). The SMILES string of the molecule is C=C(C)OCOCC(COCOC(=C)C)(COCOC(=C)C)COC(=O)NCCOC(=O)C(=C)C. The maximum absolute atomic E-state index is 12.2. The molecule has 1 amide bonds. The second-order valence-electron chi connectivity index (χ2n) is 7.86. The lowest BCUT2D eigenvalue weighted by Gasteiger charge is -2.32. The summed E-state index contributed by atoms with van der Waals surface area (Å²) in [7, 11) is 0. The zero-order valence-corrected chi connectivity index (χ0v) is 21.3. The molecule has 0 fully saturated rings. The fraction of sp³-hybridized carbons (Fsp3) is 0.583. The molecule has 0 radical (unpaired) electrons. The maximum Gasteiger partial charge on any atom is 0.407 e. The van der Waals surface area contributed by atoms with Crippen LogP contribution in [0.2, 0.25) is 0 Å². The number of alkyl carbamates (subject to hydrolysis) is 1. The van der Waals surface area contributed by atoms with Crippen LogP contribution in [-0.4, -0.2) is 72.0 Å². The Hall–Kier alpha value is -3.02. The first-order chi connectivity index (χ1) is 16.5. The van der Waals surface area contributed by atoms with Gasteiger partial charge in [-0.3, -0.25) is 0 Å². The topological polar surface area (TPSA) is 120 Å². The molecule has 0 unspecified atom stereocenters. The van der Waals surface area contributed by atoms with Gasteiger partial charge in [0, 0.05) is 5.57 Å².